The molecule has 0 spiro atoms. The van der Waals surface area contributed by atoms with E-state index in [1.54, 1.807) is 12.1 Å². The van der Waals surface area contributed by atoms with Gasteiger partial charge in [-0.25, -0.2) is 0 Å². The number of carbonyl (C=O) groups excluding carboxylic acids is 3. The van der Waals surface area contributed by atoms with Crippen LogP contribution in [0.1, 0.15) is 44.1 Å². The third kappa shape index (κ3) is 13.6. The van der Waals surface area contributed by atoms with Gasteiger partial charge < -0.3 is 33.2 Å². The van der Waals surface area contributed by atoms with E-state index in [9.17, 15) is 40.9 Å². The summed E-state index contributed by atoms with van der Waals surface area (Å²) in [5.41, 5.74) is -3.78. The van der Waals surface area contributed by atoms with Crippen molar-refractivity contribution < 1.29 is 104 Å². The van der Waals surface area contributed by atoms with Gasteiger partial charge in [0.05, 0.1) is 24.5 Å². The fourth-order valence-corrected chi connectivity index (χ4v) is 6.65. The number of benzene rings is 1. The molecule has 0 amide bonds. The second kappa shape index (κ2) is 18.4. The van der Waals surface area contributed by atoms with Crippen LogP contribution >= 0.6 is 34.9 Å². The average molecular weight is 779 g/mol. The van der Waals surface area contributed by atoms with E-state index in [2.05, 4.69) is 34.8 Å². The van der Waals surface area contributed by atoms with Gasteiger partial charge in [0.25, 0.3) is 17.9 Å². The quantitative estimate of drug-likeness (QED) is 0.149. The number of morpholine rings is 1. The van der Waals surface area contributed by atoms with Crippen LogP contribution in [0.2, 0.25) is 0 Å². The molecule has 46 heavy (non-hydrogen) atoms. The maximum atomic E-state index is 14.4. The Bertz CT molecular complexity index is 1370. The van der Waals surface area contributed by atoms with E-state index in [-0.39, 0.29) is 62.9 Å². The molecule has 0 atom stereocenters. The molecule has 2 heterocycles. The van der Waals surface area contributed by atoms with Gasteiger partial charge >= 0.3 is 56.3 Å². The zero-order valence-electron chi connectivity index (χ0n) is 25.0. The Labute approximate surface area is 294 Å². The molecule has 1 fully saturated rings. The van der Waals surface area contributed by atoms with Crippen molar-refractivity contribution in [2.24, 2.45) is 0 Å². The molecule has 1 saturated heterocycles. The van der Waals surface area contributed by atoms with Crippen molar-refractivity contribution in [3.8, 4) is 5.75 Å². The number of nitrogens with zero attached hydrogens (tertiary/aromatic N) is 1. The van der Waals surface area contributed by atoms with E-state index >= 15 is 0 Å². The van der Waals surface area contributed by atoms with E-state index in [0.29, 0.717) is 49.7 Å². The zero-order valence-corrected chi connectivity index (χ0v) is 30.3. The Morgan fingerprint density at radius 3 is 2.00 bits per heavy atom. The Hall–Kier alpha value is -1.35. The first-order valence-electron chi connectivity index (χ1n) is 12.9. The number of carbonyl (C=O) groups is 3. The topological polar surface area (TPSA) is 158 Å². The summed E-state index contributed by atoms with van der Waals surface area (Å²) >= 11 is 3.46. The summed E-state index contributed by atoms with van der Waals surface area (Å²) in [5, 5.41) is 0.245. The van der Waals surface area contributed by atoms with Crippen LogP contribution in [0, 0.1) is 0 Å². The Morgan fingerprint density at radius 1 is 1.02 bits per heavy atom. The van der Waals surface area contributed by atoms with E-state index < -0.39 is 56.0 Å². The molecule has 1 aliphatic rings. The second-order valence-electron chi connectivity index (χ2n) is 9.37. The zero-order chi connectivity index (χ0) is 34.2. The molecule has 1 radical (unpaired) electrons. The predicted molar refractivity (Wildman–Crippen MR) is 153 cm³/mol. The number of hydrogen-bond donors (Lipinski definition) is 2. The Balaban J connectivity index is 0.000000642. The van der Waals surface area contributed by atoms with Gasteiger partial charge in [0.1, 0.15) is 10.6 Å². The van der Waals surface area contributed by atoms with Gasteiger partial charge in [-0.05, 0) is 40.0 Å². The Morgan fingerprint density at radius 2 is 1.54 bits per heavy atom. The number of alkyl halides is 5. The summed E-state index contributed by atoms with van der Waals surface area (Å²) in [7, 11) is -7.40. The number of halogens is 6. The van der Waals surface area contributed by atoms with Crippen LogP contribution in [-0.2, 0) is 49.9 Å². The molecule has 0 saturated carbocycles. The molecule has 0 bridgehead atoms. The number of thiophene rings is 1. The number of hydrogen-bond acceptors (Lipinski definition) is 11. The van der Waals surface area contributed by atoms with Crippen molar-refractivity contribution in [2.45, 2.75) is 52.0 Å². The molecule has 12 nitrogen and oxygen atoms in total. The molecule has 253 valence electrons. The fraction of sp³-hybridized carbons (Fsp3) is 0.542. The second-order valence-corrected chi connectivity index (χ2v) is 12.8. The average Bonchev–Trinajstić information content (AvgIpc) is 3.22. The first-order valence-corrected chi connectivity index (χ1v) is 16.1. The van der Waals surface area contributed by atoms with Crippen molar-refractivity contribution in [1.29, 1.82) is 0 Å². The standard InChI is InChI=1S/C18H20BrF5NO5PS.C6H9BO6.Na/c19-14-12-8-11(10-25-3-6-29-7-4-25)9-13(30-5-1-2-17(20,21)22)15(12)32-16(14)18(23,24)31(26,27)28;1-4(8)11-7(12-5(2)9)13-6(3)10;/h8-9H,1-7,10H2,(H2,26,27,28);1-3H3;/q;-1;+1. The van der Waals surface area contributed by atoms with E-state index in [1.165, 1.54) is 0 Å². The molecular weight excluding hydrogens is 750 g/mol. The first kappa shape index (κ1) is 42.7. The molecule has 0 unspecified atom stereocenters. The molecule has 2 aromatic rings. The molecule has 0 aliphatic carbocycles. The predicted octanol–water partition coefficient (Wildman–Crippen LogP) is 2.11. The van der Waals surface area contributed by atoms with Crippen LogP contribution < -0.4 is 34.3 Å². The summed E-state index contributed by atoms with van der Waals surface area (Å²) < 4.78 is 101. The molecule has 2 N–H and O–H groups in total. The monoisotopic (exact) mass is 778 g/mol. The first-order chi connectivity index (χ1) is 20.7. The third-order valence-corrected chi connectivity index (χ3v) is 9.03. The minimum Gasteiger partial charge on any atom is -0.642 e. The van der Waals surface area contributed by atoms with Crippen LogP contribution in [0.4, 0.5) is 22.0 Å². The van der Waals surface area contributed by atoms with Gasteiger partial charge in [0.15, 0.2) is 0 Å². The van der Waals surface area contributed by atoms with Gasteiger partial charge in [-0.1, -0.05) is 0 Å². The maximum absolute atomic E-state index is 14.4. The summed E-state index contributed by atoms with van der Waals surface area (Å²) in [5.74, 6) is -2.06. The van der Waals surface area contributed by atoms with Gasteiger partial charge in [-0.3, -0.25) is 23.8 Å². The van der Waals surface area contributed by atoms with E-state index in [1.807, 2.05) is 0 Å². The van der Waals surface area contributed by atoms with Crippen LogP contribution in [0.15, 0.2) is 16.6 Å². The van der Waals surface area contributed by atoms with Gasteiger partial charge in [-0.15, -0.1) is 11.3 Å². The van der Waals surface area contributed by atoms with Crippen molar-refractivity contribution >= 4 is 70.2 Å². The van der Waals surface area contributed by atoms with Crippen LogP contribution in [0.5, 0.6) is 5.75 Å². The summed E-state index contributed by atoms with van der Waals surface area (Å²) in [6.07, 6.45) is -5.72. The maximum Gasteiger partial charge on any atom is 1.00 e. The van der Waals surface area contributed by atoms with E-state index in [0.717, 1.165) is 20.8 Å². The van der Waals surface area contributed by atoms with Gasteiger partial charge in [-0.2, -0.15) is 22.0 Å². The molecule has 1 aromatic carbocycles. The molecule has 22 heteroatoms. The molecule has 1 aromatic heterocycles. The minimum atomic E-state index is -5.81. The van der Waals surface area contributed by atoms with Crippen LogP contribution in [-0.4, -0.2) is 79.0 Å². The summed E-state index contributed by atoms with van der Waals surface area (Å²) in [6.45, 7) is 5.77. The van der Waals surface area contributed by atoms with Gasteiger partial charge in [0.2, 0.25) is 0 Å². The van der Waals surface area contributed by atoms with E-state index in [4.69, 9.17) is 19.3 Å². The van der Waals surface area contributed by atoms with Gasteiger partial charge in [0, 0.05) is 56.7 Å². The van der Waals surface area contributed by atoms with Crippen LogP contribution in [0.3, 0.4) is 0 Å². The third-order valence-electron chi connectivity index (χ3n) is 5.55. The van der Waals surface area contributed by atoms with Crippen LogP contribution in [0.25, 0.3) is 10.1 Å². The number of ether oxygens (including phenoxy) is 2. The number of fused-ring (bicyclic) bond motifs is 1. The fourth-order valence-electron chi connectivity index (χ4n) is 3.67. The van der Waals surface area contributed by atoms with Crippen molar-refractivity contribution in [1.82, 2.24) is 4.90 Å². The smallest absolute Gasteiger partial charge is 0.642 e. The van der Waals surface area contributed by atoms with Crippen molar-refractivity contribution in [2.75, 3.05) is 32.9 Å². The SMILES string of the molecule is CC(=O)O[B-](OC(C)=O)OC(C)=O.O=P(O)(O)C(F)(F)c1sc2c(OCCCC(F)(F)F)cc(CN3CCOCC3)cc2c1Br.[Na+]. The minimum absolute atomic E-state index is 0. The molecule has 3 rings (SSSR count). The molecule has 1 aliphatic heterocycles. The molecular formula is C24H29BBrF5NNaO11PS. The number of rotatable bonds is 11. The Kier molecular flexibility index (Phi) is 17.1. The van der Waals surface area contributed by atoms with Crippen molar-refractivity contribution in [3.63, 3.8) is 0 Å². The summed E-state index contributed by atoms with van der Waals surface area (Å²) in [6, 6.07) is 3.17. The largest absolute Gasteiger partial charge is 1.00 e. The normalized spacial score (nSPS) is 14.2. The van der Waals surface area contributed by atoms with Crippen molar-refractivity contribution in [3.05, 3.63) is 27.0 Å². The summed E-state index contributed by atoms with van der Waals surface area (Å²) in [4.78, 5) is 50.7.